The van der Waals surface area contributed by atoms with Crippen LogP contribution in [0.5, 0.6) is 11.5 Å². The maximum Gasteiger partial charge on any atom is 0.413 e. The van der Waals surface area contributed by atoms with Crippen molar-refractivity contribution in [1.82, 2.24) is 5.48 Å². The quantitative estimate of drug-likeness (QED) is 0.0282. The zero-order chi connectivity index (χ0) is 43.6. The number of benzene rings is 2. The number of aliphatic hydroxyl groups is 10. The molecule has 0 radical (unpaired) electrons. The lowest BCUT2D eigenvalue weighted by Gasteiger charge is -2.40. The summed E-state index contributed by atoms with van der Waals surface area (Å²) in [5, 5.41) is 99.9. The van der Waals surface area contributed by atoms with Gasteiger partial charge in [-0.25, -0.2) is 4.99 Å². The van der Waals surface area contributed by atoms with Crippen LogP contribution in [0, 0.1) is 0 Å². The molecule has 3 heterocycles. The molecule has 3 fully saturated rings. The van der Waals surface area contributed by atoms with Gasteiger partial charge < -0.3 is 74.7 Å². The van der Waals surface area contributed by atoms with Gasteiger partial charge in [0, 0.05) is 5.75 Å². The van der Waals surface area contributed by atoms with E-state index >= 15 is 0 Å². The number of hydrogen-bond donors (Lipinski definition) is 12. The molecule has 2 aromatic rings. The Balaban J connectivity index is 0.000000308. The van der Waals surface area contributed by atoms with Crippen LogP contribution in [0.4, 0.5) is 0 Å². The zero-order valence-corrected chi connectivity index (χ0v) is 34.0. The number of isothiocyanates is 1. The van der Waals surface area contributed by atoms with Crippen molar-refractivity contribution in [1.29, 1.82) is 0 Å². The number of ether oxygens (including phenoxy) is 5. The van der Waals surface area contributed by atoms with Crippen molar-refractivity contribution in [2.75, 3.05) is 12.4 Å². The van der Waals surface area contributed by atoms with Crippen LogP contribution in [-0.4, -0.2) is 179 Å². The third-order valence-corrected chi connectivity index (χ3v) is 11.1. The molecule has 332 valence electrons. The monoisotopic (exact) mass is 898 g/mol. The highest BCUT2D eigenvalue weighted by Crippen LogP contribution is 2.29. The van der Waals surface area contributed by atoms with E-state index in [1.54, 1.807) is 43.3 Å². The van der Waals surface area contributed by atoms with Crippen LogP contribution in [0.15, 0.2) is 53.5 Å². The van der Waals surface area contributed by atoms with Crippen molar-refractivity contribution >= 4 is 39.5 Å². The molecular formula is C35H50N2O19S3. The van der Waals surface area contributed by atoms with Gasteiger partial charge in [-0.15, -0.1) is 11.8 Å². The largest absolute Gasteiger partial charge is 0.462 e. The van der Waals surface area contributed by atoms with Crippen molar-refractivity contribution in [3.05, 3.63) is 59.7 Å². The Hall–Kier alpha value is -2.50. The number of nitrogens with zero attached hydrogens (tertiary/aromatic N) is 1. The number of aliphatic hydroxyl groups excluding tert-OH is 10. The van der Waals surface area contributed by atoms with Crippen molar-refractivity contribution in [3.8, 4) is 11.5 Å². The average Bonchev–Trinajstić information content (AvgIpc) is 3.21. The predicted molar refractivity (Wildman–Crippen MR) is 207 cm³/mol. The van der Waals surface area contributed by atoms with Gasteiger partial charge in [0.1, 0.15) is 72.5 Å². The standard InChI is InChI=1S/C21H33NO14S2.C14H17NO5S/c1-9-15(24)18(27)20(29)21(33-9)34-11-4-2-10(3-5-11)6-14(22-36-38(30,31)32)37-8-13-17(26)19(28)16(25)12(7-23)35-13;1-8-11(16)12(17)13(18)14(19-8)20-10-4-2-9(3-5-10)6-15-7-21/h2-5,9,12-29H,6-8H2,1H3,(H,30,31,32);2-5,8,11-14,16-18H,6H2,1H3. The molecular weight excluding hydrogens is 849 g/mol. The van der Waals surface area contributed by atoms with E-state index in [0.29, 0.717) is 17.9 Å². The summed E-state index contributed by atoms with van der Waals surface area (Å²) < 4.78 is 62.6. The molecule has 16 unspecified atom stereocenters. The summed E-state index contributed by atoms with van der Waals surface area (Å²) in [6.07, 6.45) is -18.3. The van der Waals surface area contributed by atoms with E-state index in [4.69, 9.17) is 28.2 Å². The summed E-state index contributed by atoms with van der Waals surface area (Å²) in [6.45, 7) is 2.95. The Labute approximate surface area is 348 Å². The molecule has 3 saturated heterocycles. The van der Waals surface area contributed by atoms with E-state index in [9.17, 15) is 59.5 Å². The average molecular weight is 899 g/mol. The number of nitrogens with one attached hydrogen (secondary N) is 1. The number of hydroxylamine groups is 1. The third-order valence-electron chi connectivity index (χ3n) is 9.45. The SMILES string of the molecule is CC1OC(Oc2ccc(CC(NOS(=O)(=O)O)SCC3OC(CO)C(O)C(O)C3O)cc2)C(O)C(O)C1O.CC1OC(Oc2ccc(CN=C=S)cc2)C(O)C(O)C1O. The molecule has 5 rings (SSSR count). The highest BCUT2D eigenvalue weighted by atomic mass is 32.3. The third kappa shape index (κ3) is 14.0. The topological polar surface area (TPSA) is 336 Å². The van der Waals surface area contributed by atoms with E-state index in [1.807, 2.05) is 0 Å². The first-order valence-electron chi connectivity index (χ1n) is 18.1. The maximum absolute atomic E-state index is 11.1. The van der Waals surface area contributed by atoms with Gasteiger partial charge in [0.15, 0.2) is 0 Å². The lowest BCUT2D eigenvalue weighted by molar-refractivity contribution is -0.268. The Kier molecular flexibility index (Phi) is 18.8. The van der Waals surface area contributed by atoms with Gasteiger partial charge in [0.25, 0.3) is 0 Å². The van der Waals surface area contributed by atoms with Gasteiger partial charge >= 0.3 is 10.4 Å². The van der Waals surface area contributed by atoms with Crippen LogP contribution in [0.25, 0.3) is 0 Å². The van der Waals surface area contributed by atoms with Gasteiger partial charge in [0.05, 0.1) is 42.0 Å². The molecule has 21 nitrogen and oxygen atoms in total. The lowest BCUT2D eigenvalue weighted by atomic mass is 9.96. The van der Waals surface area contributed by atoms with Crippen LogP contribution in [-0.2, 0) is 41.9 Å². The van der Waals surface area contributed by atoms with Crippen LogP contribution in [0.2, 0.25) is 0 Å². The van der Waals surface area contributed by atoms with Gasteiger partial charge in [-0.2, -0.15) is 18.2 Å². The molecule has 0 aromatic heterocycles. The minimum atomic E-state index is -4.84. The van der Waals surface area contributed by atoms with Gasteiger partial charge in [-0.1, -0.05) is 24.3 Å². The number of rotatable bonds is 15. The Morgan fingerprint density at radius 2 is 1.17 bits per heavy atom. The fraction of sp³-hybridized carbons (Fsp3) is 0.629. The summed E-state index contributed by atoms with van der Waals surface area (Å²) in [5.74, 6) is 0.712. The van der Waals surface area contributed by atoms with Crippen molar-refractivity contribution < 1.29 is 92.0 Å². The summed E-state index contributed by atoms with van der Waals surface area (Å²) in [6, 6.07) is 13.3. The van der Waals surface area contributed by atoms with E-state index in [2.05, 4.69) is 32.1 Å². The molecule has 24 heteroatoms. The Morgan fingerprint density at radius 1 is 0.712 bits per heavy atom. The maximum atomic E-state index is 11.1. The summed E-state index contributed by atoms with van der Waals surface area (Å²) in [5.41, 5.74) is 3.77. The van der Waals surface area contributed by atoms with E-state index in [1.165, 1.54) is 19.1 Å². The number of hydrogen-bond acceptors (Lipinski definition) is 22. The second kappa shape index (κ2) is 22.6. The smallest absolute Gasteiger partial charge is 0.413 e. The normalized spacial score (nSPS) is 35.4. The molecule has 0 amide bonds. The first kappa shape index (κ1) is 49.2. The van der Waals surface area contributed by atoms with Crippen LogP contribution in [0.1, 0.15) is 25.0 Å². The van der Waals surface area contributed by atoms with Crippen molar-refractivity contribution in [2.24, 2.45) is 4.99 Å². The van der Waals surface area contributed by atoms with Crippen LogP contribution < -0.4 is 15.0 Å². The lowest BCUT2D eigenvalue weighted by Crippen LogP contribution is -2.59. The molecule has 59 heavy (non-hydrogen) atoms. The molecule has 3 aliphatic rings. The van der Waals surface area contributed by atoms with Gasteiger partial charge in [0.2, 0.25) is 12.6 Å². The van der Waals surface area contributed by atoms with Crippen LogP contribution >= 0.6 is 24.0 Å². The molecule has 0 aliphatic carbocycles. The molecule has 2 aromatic carbocycles. The van der Waals surface area contributed by atoms with E-state index in [0.717, 1.165) is 17.3 Å². The highest BCUT2D eigenvalue weighted by molar-refractivity contribution is 7.99. The van der Waals surface area contributed by atoms with Crippen LogP contribution in [0.3, 0.4) is 0 Å². The molecule has 16 atom stereocenters. The fourth-order valence-corrected chi connectivity index (χ4v) is 7.47. The first-order chi connectivity index (χ1) is 27.8. The fourth-order valence-electron chi connectivity index (χ4n) is 5.98. The molecule has 12 N–H and O–H groups in total. The second-order valence-corrected chi connectivity index (χ2v) is 16.3. The summed E-state index contributed by atoms with van der Waals surface area (Å²) in [7, 11) is -4.84. The molecule has 0 saturated carbocycles. The van der Waals surface area contributed by atoms with Crippen molar-refractivity contribution in [2.45, 2.75) is 124 Å². The summed E-state index contributed by atoms with van der Waals surface area (Å²) in [4.78, 5) is 3.83. The second-order valence-electron chi connectivity index (χ2n) is 13.8. The molecule has 0 bridgehead atoms. The predicted octanol–water partition coefficient (Wildman–Crippen LogP) is -2.84. The molecule has 0 spiro atoms. The minimum Gasteiger partial charge on any atom is -0.462 e. The first-order valence-corrected chi connectivity index (χ1v) is 20.9. The number of thiocarbonyl (C=S) groups is 1. The summed E-state index contributed by atoms with van der Waals surface area (Å²) >= 11 is 5.51. The zero-order valence-electron chi connectivity index (χ0n) is 31.5. The Morgan fingerprint density at radius 3 is 1.63 bits per heavy atom. The Bertz CT molecular complexity index is 1740. The molecule has 3 aliphatic heterocycles. The van der Waals surface area contributed by atoms with Gasteiger partial charge in [-0.3, -0.25) is 4.55 Å². The highest BCUT2D eigenvalue weighted by Gasteiger charge is 2.45. The van der Waals surface area contributed by atoms with E-state index < -0.39 is 114 Å². The van der Waals surface area contributed by atoms with E-state index in [-0.39, 0.29) is 17.9 Å². The number of aliphatic imine (C=N–C) groups is 1. The minimum absolute atomic E-state index is 0.0294. The number of thioether (sulfide) groups is 1. The van der Waals surface area contributed by atoms with Gasteiger partial charge in [-0.05, 0) is 67.9 Å². The van der Waals surface area contributed by atoms with Crippen molar-refractivity contribution in [3.63, 3.8) is 0 Å².